The molecular weight excluding hydrogens is 242 g/mol. The van der Waals surface area contributed by atoms with Gasteiger partial charge in [0.25, 0.3) is 5.89 Å². The van der Waals surface area contributed by atoms with E-state index in [2.05, 4.69) is 36.0 Å². The monoisotopic (exact) mass is 263 g/mol. The van der Waals surface area contributed by atoms with Crippen molar-refractivity contribution in [2.45, 2.75) is 40.2 Å². The fourth-order valence-corrected chi connectivity index (χ4v) is 1.83. The van der Waals surface area contributed by atoms with E-state index in [9.17, 15) is 0 Å². The van der Waals surface area contributed by atoms with Gasteiger partial charge in [-0.2, -0.15) is 10.1 Å². The van der Waals surface area contributed by atoms with Crippen molar-refractivity contribution in [3.63, 3.8) is 0 Å². The molecule has 6 nitrogen and oxygen atoms in total. The van der Waals surface area contributed by atoms with Gasteiger partial charge in [0.05, 0.1) is 17.3 Å². The summed E-state index contributed by atoms with van der Waals surface area (Å²) in [7, 11) is 1.88. The van der Waals surface area contributed by atoms with Crippen LogP contribution in [0.1, 0.15) is 45.3 Å². The molecule has 0 aromatic carbocycles. The summed E-state index contributed by atoms with van der Waals surface area (Å²) in [5.41, 5.74) is 7.85. The molecule has 2 rings (SSSR count). The van der Waals surface area contributed by atoms with E-state index in [1.807, 2.05) is 20.2 Å². The molecule has 2 N–H and O–H groups in total. The molecule has 0 aliphatic rings. The molecule has 0 saturated heterocycles. The van der Waals surface area contributed by atoms with E-state index in [-0.39, 0.29) is 11.5 Å². The molecule has 0 fully saturated rings. The Balaban J connectivity index is 2.35. The normalized spacial score (nSPS) is 13.8. The molecule has 0 saturated carbocycles. The van der Waals surface area contributed by atoms with Gasteiger partial charge in [-0.15, -0.1) is 0 Å². The molecule has 0 amide bonds. The van der Waals surface area contributed by atoms with E-state index in [0.717, 1.165) is 17.7 Å². The number of aromatic nitrogens is 4. The van der Waals surface area contributed by atoms with E-state index in [1.165, 1.54) is 0 Å². The molecule has 0 aliphatic heterocycles. The average molecular weight is 263 g/mol. The van der Waals surface area contributed by atoms with E-state index >= 15 is 0 Å². The minimum absolute atomic E-state index is 0.107. The van der Waals surface area contributed by atoms with Gasteiger partial charge in [0, 0.05) is 13.2 Å². The zero-order chi connectivity index (χ0) is 14.2. The fraction of sp³-hybridized carbons (Fsp3) is 0.615. The smallest absolute Gasteiger partial charge is 0.261 e. The van der Waals surface area contributed by atoms with Crippen molar-refractivity contribution in [2.75, 3.05) is 0 Å². The van der Waals surface area contributed by atoms with Crippen LogP contribution in [0.25, 0.3) is 11.5 Å². The van der Waals surface area contributed by atoms with E-state index in [1.54, 1.807) is 4.68 Å². The molecule has 0 aliphatic carbocycles. The largest absolute Gasteiger partial charge is 0.334 e. The Hall–Kier alpha value is -1.69. The van der Waals surface area contributed by atoms with Crippen LogP contribution in [0, 0.1) is 5.41 Å². The van der Waals surface area contributed by atoms with Gasteiger partial charge in [0.15, 0.2) is 5.82 Å². The first-order valence-corrected chi connectivity index (χ1v) is 6.45. The third-order valence-corrected chi connectivity index (χ3v) is 3.12. The SMILES string of the molecule is CCc1nn(C)cc1-c1nc(C(N)C(C)(C)C)no1. The Bertz CT molecular complexity index is 564. The van der Waals surface area contributed by atoms with Gasteiger partial charge >= 0.3 is 0 Å². The number of nitrogens with two attached hydrogens (primary N) is 1. The van der Waals surface area contributed by atoms with Crippen LogP contribution in [0.15, 0.2) is 10.7 Å². The highest BCUT2D eigenvalue weighted by molar-refractivity contribution is 5.55. The maximum absolute atomic E-state index is 6.13. The Morgan fingerprint density at radius 3 is 2.68 bits per heavy atom. The lowest BCUT2D eigenvalue weighted by molar-refractivity contribution is 0.303. The van der Waals surface area contributed by atoms with Crippen LogP contribution in [-0.4, -0.2) is 19.9 Å². The summed E-state index contributed by atoms with van der Waals surface area (Å²) in [6.45, 7) is 8.20. The molecule has 2 heterocycles. The van der Waals surface area contributed by atoms with Crippen LogP contribution in [0.2, 0.25) is 0 Å². The van der Waals surface area contributed by atoms with Crippen molar-refractivity contribution in [3.05, 3.63) is 17.7 Å². The second-order valence-electron chi connectivity index (χ2n) is 5.82. The van der Waals surface area contributed by atoms with Gasteiger partial charge < -0.3 is 10.3 Å². The minimum Gasteiger partial charge on any atom is -0.334 e. The molecule has 0 radical (unpaired) electrons. The third-order valence-electron chi connectivity index (χ3n) is 3.12. The summed E-state index contributed by atoms with van der Waals surface area (Å²) in [6, 6.07) is -0.258. The quantitative estimate of drug-likeness (QED) is 0.916. The summed E-state index contributed by atoms with van der Waals surface area (Å²) < 4.78 is 7.08. The molecule has 2 aromatic heterocycles. The standard InChI is InChI=1S/C13H21N5O/c1-6-9-8(7-18(5)16-9)12-15-11(17-19-12)10(14)13(2,3)4/h7,10H,6,14H2,1-5H3. The number of hydrogen-bond acceptors (Lipinski definition) is 5. The molecule has 104 valence electrons. The van der Waals surface area contributed by atoms with Crippen molar-refractivity contribution in [1.29, 1.82) is 0 Å². The molecule has 2 aromatic rings. The molecule has 19 heavy (non-hydrogen) atoms. The maximum Gasteiger partial charge on any atom is 0.261 e. The van der Waals surface area contributed by atoms with Crippen LogP contribution in [0.3, 0.4) is 0 Å². The number of aryl methyl sites for hydroxylation is 2. The van der Waals surface area contributed by atoms with Gasteiger partial charge in [-0.25, -0.2) is 0 Å². The minimum atomic E-state index is -0.258. The van der Waals surface area contributed by atoms with Gasteiger partial charge in [0.1, 0.15) is 0 Å². The highest BCUT2D eigenvalue weighted by atomic mass is 16.5. The number of nitrogens with zero attached hydrogens (tertiary/aromatic N) is 4. The highest BCUT2D eigenvalue weighted by Gasteiger charge is 2.27. The van der Waals surface area contributed by atoms with Gasteiger partial charge in [-0.05, 0) is 11.8 Å². The maximum atomic E-state index is 6.13. The summed E-state index contributed by atoms with van der Waals surface area (Å²) >= 11 is 0. The Morgan fingerprint density at radius 2 is 2.11 bits per heavy atom. The summed E-state index contributed by atoms with van der Waals surface area (Å²) in [4.78, 5) is 4.41. The van der Waals surface area contributed by atoms with Crippen molar-refractivity contribution in [3.8, 4) is 11.5 Å². The lowest BCUT2D eigenvalue weighted by Gasteiger charge is -2.23. The van der Waals surface area contributed by atoms with Gasteiger partial charge in [-0.1, -0.05) is 32.9 Å². The Labute approximate surface area is 113 Å². The summed E-state index contributed by atoms with van der Waals surface area (Å²) in [6.07, 6.45) is 2.71. The van der Waals surface area contributed by atoms with Crippen LogP contribution in [-0.2, 0) is 13.5 Å². The predicted molar refractivity (Wildman–Crippen MR) is 72.3 cm³/mol. The van der Waals surface area contributed by atoms with Crippen LogP contribution in [0.4, 0.5) is 0 Å². The van der Waals surface area contributed by atoms with E-state index in [0.29, 0.717) is 11.7 Å². The first-order chi connectivity index (χ1) is 8.82. The molecule has 0 spiro atoms. The lowest BCUT2D eigenvalue weighted by atomic mass is 9.87. The van der Waals surface area contributed by atoms with Crippen molar-refractivity contribution in [1.82, 2.24) is 19.9 Å². The van der Waals surface area contributed by atoms with Crippen molar-refractivity contribution in [2.24, 2.45) is 18.2 Å². The van der Waals surface area contributed by atoms with Crippen LogP contribution in [0.5, 0.6) is 0 Å². The molecular formula is C13H21N5O. The summed E-state index contributed by atoms with van der Waals surface area (Å²) in [5.74, 6) is 1.02. The van der Waals surface area contributed by atoms with Crippen LogP contribution >= 0.6 is 0 Å². The third kappa shape index (κ3) is 2.68. The fourth-order valence-electron chi connectivity index (χ4n) is 1.83. The highest BCUT2D eigenvalue weighted by Crippen LogP contribution is 2.30. The first kappa shape index (κ1) is 13.7. The zero-order valence-electron chi connectivity index (χ0n) is 12.1. The topological polar surface area (TPSA) is 82.8 Å². The predicted octanol–water partition coefficient (Wildman–Crippen LogP) is 2.08. The van der Waals surface area contributed by atoms with Crippen molar-refractivity contribution < 1.29 is 4.52 Å². The Kier molecular flexibility index (Phi) is 3.45. The lowest BCUT2D eigenvalue weighted by Crippen LogP contribution is -2.27. The molecule has 0 bridgehead atoms. The van der Waals surface area contributed by atoms with Crippen LogP contribution < -0.4 is 5.73 Å². The van der Waals surface area contributed by atoms with E-state index < -0.39 is 0 Å². The second kappa shape index (κ2) is 4.77. The van der Waals surface area contributed by atoms with Gasteiger partial charge in [-0.3, -0.25) is 4.68 Å². The number of rotatable bonds is 3. The zero-order valence-corrected chi connectivity index (χ0v) is 12.1. The van der Waals surface area contributed by atoms with Crippen molar-refractivity contribution >= 4 is 0 Å². The van der Waals surface area contributed by atoms with E-state index in [4.69, 9.17) is 10.3 Å². The molecule has 1 unspecified atom stereocenters. The first-order valence-electron chi connectivity index (χ1n) is 6.45. The summed E-state index contributed by atoms with van der Waals surface area (Å²) in [5, 5.41) is 8.36. The molecule has 6 heteroatoms. The van der Waals surface area contributed by atoms with Gasteiger partial charge in [0.2, 0.25) is 0 Å². The number of hydrogen-bond donors (Lipinski definition) is 1. The Morgan fingerprint density at radius 1 is 1.42 bits per heavy atom. The second-order valence-corrected chi connectivity index (χ2v) is 5.82. The average Bonchev–Trinajstić information content (AvgIpc) is 2.92. The molecule has 1 atom stereocenters.